The van der Waals surface area contributed by atoms with Crippen LogP contribution in [-0.4, -0.2) is 31.3 Å². The van der Waals surface area contributed by atoms with Crippen LogP contribution in [0.4, 0.5) is 0 Å². The third kappa shape index (κ3) is 4.77. The molecule has 5 rings (SSSR count). The van der Waals surface area contributed by atoms with Gasteiger partial charge in [-0.15, -0.1) is 0 Å². The van der Waals surface area contributed by atoms with Crippen LogP contribution >= 0.6 is 11.6 Å². The van der Waals surface area contributed by atoms with Crippen LogP contribution in [0.2, 0.25) is 5.02 Å². The maximum absolute atomic E-state index is 12.6. The summed E-state index contributed by atoms with van der Waals surface area (Å²) < 4.78 is 37.6. The van der Waals surface area contributed by atoms with E-state index < -0.39 is 26.9 Å². The zero-order chi connectivity index (χ0) is 23.2. The summed E-state index contributed by atoms with van der Waals surface area (Å²) in [5.74, 6) is -0.598. The lowest BCUT2D eigenvalue weighted by Crippen LogP contribution is -2.37. The molecular formula is C22H22ClN3O6S. The maximum atomic E-state index is 12.6. The average molecular weight is 492 g/mol. The second-order valence-electron chi connectivity index (χ2n) is 8.55. The number of benzene rings is 1. The molecule has 0 aliphatic heterocycles. The van der Waals surface area contributed by atoms with Gasteiger partial charge in [0.1, 0.15) is 5.52 Å². The van der Waals surface area contributed by atoms with E-state index in [1.54, 1.807) is 18.2 Å². The summed E-state index contributed by atoms with van der Waals surface area (Å²) in [6, 6.07) is 7.72. The molecule has 1 aromatic carbocycles. The van der Waals surface area contributed by atoms with Crippen molar-refractivity contribution in [2.24, 2.45) is 5.92 Å². The fourth-order valence-corrected chi connectivity index (χ4v) is 5.18. The number of hydrogen-bond acceptors (Lipinski definition) is 7. The largest absolute Gasteiger partial charge is 0.440 e. The fraction of sp³-hybridized carbons (Fsp3) is 0.409. The molecular weight excluding hydrogens is 470 g/mol. The number of nitrogens with zero attached hydrogens (tertiary/aromatic N) is 1. The lowest BCUT2D eigenvalue weighted by atomic mass is 9.86. The van der Waals surface area contributed by atoms with E-state index in [1.165, 1.54) is 12.1 Å². The van der Waals surface area contributed by atoms with E-state index in [4.69, 9.17) is 20.4 Å². The fourth-order valence-electron chi connectivity index (χ4n) is 4.03. The monoisotopic (exact) mass is 491 g/mol. The number of hydrogen-bond donors (Lipinski definition) is 2. The van der Waals surface area contributed by atoms with Crippen LogP contribution in [0.5, 0.6) is 0 Å². The molecule has 11 heteroatoms. The number of halogens is 1. The van der Waals surface area contributed by atoms with E-state index >= 15 is 0 Å². The van der Waals surface area contributed by atoms with Gasteiger partial charge in [-0.1, -0.05) is 11.6 Å². The number of carbonyl (C=O) groups excluding carboxylic acids is 2. The highest BCUT2D eigenvalue weighted by Gasteiger charge is 2.34. The Balaban J connectivity index is 1.17. The first-order chi connectivity index (χ1) is 15.8. The van der Waals surface area contributed by atoms with Crippen LogP contribution in [0.3, 0.4) is 0 Å². The summed E-state index contributed by atoms with van der Waals surface area (Å²) in [6.07, 6.45) is 4.37. The van der Waals surface area contributed by atoms with Gasteiger partial charge in [-0.25, -0.2) is 9.71 Å². The molecule has 3 aromatic rings. The van der Waals surface area contributed by atoms with Gasteiger partial charge in [0, 0.05) is 22.9 Å². The summed E-state index contributed by atoms with van der Waals surface area (Å²) in [5, 5.41) is 3.04. The summed E-state index contributed by atoms with van der Waals surface area (Å²) in [4.78, 5) is 28.9. The SMILES string of the molecule is O=C(N[C@H]1CC[C@H](c2nc3cc(Cl)ccc3o2)CC1)c1ccc(S(=O)(=O)NC(=O)C2CC2)o1. The Hall–Kier alpha value is -2.85. The van der Waals surface area contributed by atoms with Crippen LogP contribution in [0.25, 0.3) is 11.1 Å². The van der Waals surface area contributed by atoms with E-state index in [-0.39, 0.29) is 23.6 Å². The molecule has 2 fully saturated rings. The van der Waals surface area contributed by atoms with Crippen molar-refractivity contribution in [3.05, 3.63) is 47.0 Å². The number of nitrogens with one attached hydrogen (secondary N) is 2. The third-order valence-electron chi connectivity index (χ3n) is 6.03. The summed E-state index contributed by atoms with van der Waals surface area (Å²) >= 11 is 6.01. The summed E-state index contributed by atoms with van der Waals surface area (Å²) in [5.41, 5.74) is 1.42. The van der Waals surface area contributed by atoms with Crippen LogP contribution in [0.15, 0.2) is 44.3 Å². The number of oxazole rings is 1. The van der Waals surface area contributed by atoms with Crippen molar-refractivity contribution >= 4 is 44.5 Å². The minimum atomic E-state index is -4.13. The Bertz CT molecular complexity index is 1320. The van der Waals surface area contributed by atoms with Gasteiger partial charge in [-0.2, -0.15) is 8.42 Å². The Labute approximate surface area is 194 Å². The van der Waals surface area contributed by atoms with Crippen LogP contribution in [0, 0.1) is 5.92 Å². The number of sulfonamides is 1. The topological polar surface area (TPSA) is 132 Å². The Morgan fingerprint density at radius 1 is 1.00 bits per heavy atom. The molecule has 2 aromatic heterocycles. The van der Waals surface area contributed by atoms with Crippen molar-refractivity contribution in [1.29, 1.82) is 0 Å². The molecule has 0 saturated heterocycles. The first-order valence-electron chi connectivity index (χ1n) is 10.8. The predicted molar refractivity (Wildman–Crippen MR) is 118 cm³/mol. The van der Waals surface area contributed by atoms with Gasteiger partial charge >= 0.3 is 0 Å². The maximum Gasteiger partial charge on any atom is 0.297 e. The second kappa shape index (κ2) is 8.49. The number of amides is 2. The molecule has 174 valence electrons. The van der Waals surface area contributed by atoms with Gasteiger partial charge in [0.15, 0.2) is 17.2 Å². The molecule has 0 atom stereocenters. The molecule has 2 aliphatic rings. The van der Waals surface area contributed by atoms with Crippen LogP contribution in [0.1, 0.15) is 60.9 Å². The smallest absolute Gasteiger partial charge is 0.297 e. The third-order valence-corrected chi connectivity index (χ3v) is 7.49. The van der Waals surface area contributed by atoms with Gasteiger partial charge < -0.3 is 14.2 Å². The van der Waals surface area contributed by atoms with E-state index in [0.29, 0.717) is 29.3 Å². The molecule has 2 saturated carbocycles. The molecule has 0 radical (unpaired) electrons. The van der Waals surface area contributed by atoms with Crippen molar-refractivity contribution in [3.63, 3.8) is 0 Å². The number of fused-ring (bicyclic) bond motifs is 1. The number of carbonyl (C=O) groups is 2. The van der Waals surface area contributed by atoms with Gasteiger partial charge in [-0.3, -0.25) is 9.59 Å². The number of aromatic nitrogens is 1. The molecule has 2 heterocycles. The quantitative estimate of drug-likeness (QED) is 0.536. The molecule has 2 N–H and O–H groups in total. The van der Waals surface area contributed by atoms with Gasteiger partial charge in [-0.05, 0) is 68.9 Å². The number of furan rings is 1. The van der Waals surface area contributed by atoms with Crippen molar-refractivity contribution in [3.8, 4) is 0 Å². The van der Waals surface area contributed by atoms with Crippen LogP contribution in [-0.2, 0) is 14.8 Å². The van der Waals surface area contributed by atoms with Gasteiger partial charge in [0.05, 0.1) is 0 Å². The zero-order valence-electron chi connectivity index (χ0n) is 17.5. The van der Waals surface area contributed by atoms with E-state index in [1.807, 2.05) is 4.72 Å². The van der Waals surface area contributed by atoms with Gasteiger partial charge in [0.2, 0.25) is 11.0 Å². The average Bonchev–Trinajstić information content (AvgIpc) is 3.35. The predicted octanol–water partition coefficient (Wildman–Crippen LogP) is 3.75. The highest BCUT2D eigenvalue weighted by atomic mass is 35.5. The lowest BCUT2D eigenvalue weighted by Gasteiger charge is -2.27. The number of rotatable bonds is 6. The van der Waals surface area contributed by atoms with Crippen LogP contribution < -0.4 is 10.0 Å². The first kappa shape index (κ1) is 22.0. The van der Waals surface area contributed by atoms with E-state index in [9.17, 15) is 18.0 Å². The van der Waals surface area contributed by atoms with Crippen molar-refractivity contribution in [2.45, 2.75) is 55.6 Å². The van der Waals surface area contributed by atoms with Crippen molar-refractivity contribution in [1.82, 2.24) is 15.0 Å². The molecule has 2 amide bonds. The molecule has 0 bridgehead atoms. The molecule has 2 aliphatic carbocycles. The normalized spacial score (nSPS) is 21.1. The minimum Gasteiger partial charge on any atom is -0.440 e. The highest BCUT2D eigenvalue weighted by Crippen LogP contribution is 2.34. The summed E-state index contributed by atoms with van der Waals surface area (Å²) in [6.45, 7) is 0. The Morgan fingerprint density at radius 3 is 2.48 bits per heavy atom. The van der Waals surface area contributed by atoms with E-state index in [0.717, 1.165) is 31.2 Å². The zero-order valence-corrected chi connectivity index (χ0v) is 19.1. The lowest BCUT2D eigenvalue weighted by molar-refractivity contribution is -0.120. The molecule has 33 heavy (non-hydrogen) atoms. The standard InChI is InChI=1S/C22H22ClN3O6S/c23-14-5-8-17-16(11-14)25-22(32-17)13-3-6-15(7-4-13)24-21(28)18-9-10-19(31-18)33(29,30)26-20(27)12-1-2-12/h5,8-13,15H,1-4,6-7H2,(H,24,28)(H,26,27)/t13-,15-. The van der Waals surface area contributed by atoms with Gasteiger partial charge in [0.25, 0.3) is 15.9 Å². The summed E-state index contributed by atoms with van der Waals surface area (Å²) in [7, 11) is -4.13. The van der Waals surface area contributed by atoms with Crippen molar-refractivity contribution < 1.29 is 26.8 Å². The molecule has 9 nitrogen and oxygen atoms in total. The Kier molecular flexibility index (Phi) is 5.65. The minimum absolute atomic E-state index is 0.0766. The second-order valence-corrected chi connectivity index (χ2v) is 10.6. The van der Waals surface area contributed by atoms with E-state index in [2.05, 4.69) is 10.3 Å². The Morgan fingerprint density at radius 2 is 1.76 bits per heavy atom. The molecule has 0 unspecified atom stereocenters. The van der Waals surface area contributed by atoms with Crippen molar-refractivity contribution in [2.75, 3.05) is 0 Å². The first-order valence-corrected chi connectivity index (χ1v) is 12.7. The molecule has 0 spiro atoms. The highest BCUT2D eigenvalue weighted by molar-refractivity contribution is 7.89.